The van der Waals surface area contributed by atoms with Crippen LogP contribution in [0.25, 0.3) is 17.0 Å². The first-order valence-electron chi connectivity index (χ1n) is 9.87. The number of carbonyl (C=O) groups excluding carboxylic acids is 1. The SMILES string of the molecule is Cc1c(CN(C)C(=O)/C=C/c2cnc3c(c2)CNC(C)CN3)oc2ccccc12. The van der Waals surface area contributed by atoms with Gasteiger partial charge in [-0.3, -0.25) is 4.79 Å². The van der Waals surface area contributed by atoms with Gasteiger partial charge in [0.15, 0.2) is 0 Å². The van der Waals surface area contributed by atoms with Crippen LogP contribution in [0.5, 0.6) is 0 Å². The zero-order chi connectivity index (χ0) is 20.4. The highest BCUT2D eigenvalue weighted by Crippen LogP contribution is 2.25. The average molecular weight is 390 g/mol. The topological polar surface area (TPSA) is 70.4 Å². The van der Waals surface area contributed by atoms with E-state index in [9.17, 15) is 4.79 Å². The van der Waals surface area contributed by atoms with Gasteiger partial charge in [0, 0.05) is 55.0 Å². The molecule has 150 valence electrons. The summed E-state index contributed by atoms with van der Waals surface area (Å²) >= 11 is 0. The second-order valence-corrected chi connectivity index (χ2v) is 7.61. The summed E-state index contributed by atoms with van der Waals surface area (Å²) < 4.78 is 5.92. The number of benzene rings is 1. The zero-order valence-corrected chi connectivity index (χ0v) is 17.0. The predicted molar refractivity (Wildman–Crippen MR) is 115 cm³/mol. The van der Waals surface area contributed by atoms with Crippen molar-refractivity contribution in [1.82, 2.24) is 15.2 Å². The Morgan fingerprint density at radius 2 is 2.21 bits per heavy atom. The number of hydrogen-bond acceptors (Lipinski definition) is 5. The van der Waals surface area contributed by atoms with Gasteiger partial charge in [0.1, 0.15) is 17.2 Å². The van der Waals surface area contributed by atoms with E-state index in [0.717, 1.165) is 52.3 Å². The van der Waals surface area contributed by atoms with Crippen LogP contribution in [-0.4, -0.2) is 35.4 Å². The van der Waals surface area contributed by atoms with E-state index in [1.165, 1.54) is 0 Å². The van der Waals surface area contributed by atoms with E-state index < -0.39 is 0 Å². The standard InChI is InChI=1S/C23H26N4O2/c1-15-11-25-23-18(13-24-15)10-17(12-26-23)8-9-22(28)27(3)14-21-16(2)19-6-4-5-7-20(19)29-21/h4-10,12,15,24H,11,13-14H2,1-3H3,(H,25,26)/b9-8+. The summed E-state index contributed by atoms with van der Waals surface area (Å²) in [5.41, 5.74) is 3.94. The lowest BCUT2D eigenvalue weighted by molar-refractivity contribution is -0.125. The summed E-state index contributed by atoms with van der Waals surface area (Å²) in [5, 5.41) is 7.88. The van der Waals surface area contributed by atoms with Crippen molar-refractivity contribution in [3.63, 3.8) is 0 Å². The number of rotatable bonds is 4. The van der Waals surface area contributed by atoms with E-state index in [2.05, 4.69) is 28.6 Å². The highest BCUT2D eigenvalue weighted by Gasteiger charge is 2.15. The summed E-state index contributed by atoms with van der Waals surface area (Å²) in [6.45, 7) is 6.20. The van der Waals surface area contributed by atoms with E-state index in [1.54, 1.807) is 24.2 Å². The van der Waals surface area contributed by atoms with E-state index in [4.69, 9.17) is 4.42 Å². The summed E-state index contributed by atoms with van der Waals surface area (Å²) in [6.07, 6.45) is 5.18. The Morgan fingerprint density at radius 1 is 1.38 bits per heavy atom. The van der Waals surface area contributed by atoms with Crippen LogP contribution < -0.4 is 10.6 Å². The summed E-state index contributed by atoms with van der Waals surface area (Å²) in [5.74, 6) is 1.64. The smallest absolute Gasteiger partial charge is 0.246 e. The second-order valence-electron chi connectivity index (χ2n) is 7.61. The molecular formula is C23H26N4O2. The van der Waals surface area contributed by atoms with Crippen molar-refractivity contribution in [2.24, 2.45) is 0 Å². The molecule has 2 N–H and O–H groups in total. The fourth-order valence-electron chi connectivity index (χ4n) is 3.48. The first-order valence-corrected chi connectivity index (χ1v) is 9.87. The Kier molecular flexibility index (Phi) is 5.36. The Bertz CT molecular complexity index is 1070. The number of furan rings is 1. The number of nitrogens with zero attached hydrogens (tertiary/aromatic N) is 2. The van der Waals surface area contributed by atoms with Gasteiger partial charge in [-0.15, -0.1) is 0 Å². The molecule has 0 bridgehead atoms. The number of pyridine rings is 1. The fourth-order valence-corrected chi connectivity index (χ4v) is 3.48. The molecule has 1 atom stereocenters. The monoisotopic (exact) mass is 390 g/mol. The third kappa shape index (κ3) is 4.17. The number of aryl methyl sites for hydroxylation is 1. The molecule has 0 fully saturated rings. The minimum atomic E-state index is -0.0790. The van der Waals surface area contributed by atoms with Crippen molar-refractivity contribution >= 4 is 28.8 Å². The highest BCUT2D eigenvalue weighted by atomic mass is 16.3. The van der Waals surface area contributed by atoms with E-state index in [1.807, 2.05) is 37.3 Å². The Labute approximate surface area is 170 Å². The molecule has 1 aromatic carbocycles. The highest BCUT2D eigenvalue weighted by molar-refractivity contribution is 5.91. The Morgan fingerprint density at radius 3 is 3.03 bits per heavy atom. The molecule has 4 rings (SSSR count). The van der Waals surface area contributed by atoms with Gasteiger partial charge >= 0.3 is 0 Å². The van der Waals surface area contributed by atoms with Crippen LogP contribution in [-0.2, 0) is 17.9 Å². The molecule has 6 heteroatoms. The van der Waals surface area contributed by atoms with Gasteiger partial charge in [-0.2, -0.15) is 0 Å². The lowest BCUT2D eigenvalue weighted by Gasteiger charge is -2.14. The van der Waals surface area contributed by atoms with Gasteiger partial charge in [-0.1, -0.05) is 18.2 Å². The maximum Gasteiger partial charge on any atom is 0.246 e. The van der Waals surface area contributed by atoms with Crippen molar-refractivity contribution in [3.8, 4) is 0 Å². The third-order valence-electron chi connectivity index (χ3n) is 5.32. The van der Waals surface area contributed by atoms with Crippen LogP contribution in [0, 0.1) is 6.92 Å². The minimum Gasteiger partial charge on any atom is -0.459 e. The zero-order valence-electron chi connectivity index (χ0n) is 17.0. The summed E-state index contributed by atoms with van der Waals surface area (Å²) in [4.78, 5) is 18.7. The number of fused-ring (bicyclic) bond motifs is 2. The molecule has 2 aromatic heterocycles. The van der Waals surface area contributed by atoms with Gasteiger partial charge in [-0.25, -0.2) is 4.98 Å². The van der Waals surface area contributed by atoms with Crippen molar-refractivity contribution in [2.75, 3.05) is 18.9 Å². The van der Waals surface area contributed by atoms with Gasteiger partial charge in [0.2, 0.25) is 5.91 Å². The molecular weight excluding hydrogens is 364 g/mol. The van der Waals surface area contributed by atoms with Gasteiger partial charge < -0.3 is 20.0 Å². The first kappa shape index (κ1) is 19.2. The van der Waals surface area contributed by atoms with Crippen molar-refractivity contribution in [2.45, 2.75) is 33.0 Å². The normalized spacial score (nSPS) is 16.4. The lowest BCUT2D eigenvalue weighted by Crippen LogP contribution is -2.29. The van der Waals surface area contributed by atoms with Crippen LogP contribution in [0.1, 0.15) is 29.4 Å². The number of aromatic nitrogens is 1. The first-order chi connectivity index (χ1) is 14.0. The van der Waals surface area contributed by atoms with Gasteiger partial charge in [0.05, 0.1) is 6.54 Å². The minimum absolute atomic E-state index is 0.0790. The van der Waals surface area contributed by atoms with Crippen LogP contribution >= 0.6 is 0 Å². The molecule has 1 aliphatic rings. The molecule has 29 heavy (non-hydrogen) atoms. The van der Waals surface area contributed by atoms with Crippen molar-refractivity contribution < 1.29 is 9.21 Å². The maximum absolute atomic E-state index is 12.6. The molecule has 0 saturated carbocycles. The lowest BCUT2D eigenvalue weighted by atomic mass is 10.1. The van der Waals surface area contributed by atoms with Crippen LogP contribution in [0.2, 0.25) is 0 Å². The molecule has 0 spiro atoms. The molecule has 1 aliphatic heterocycles. The van der Waals surface area contributed by atoms with Gasteiger partial charge in [-0.05, 0) is 37.6 Å². The number of para-hydroxylation sites is 1. The van der Waals surface area contributed by atoms with E-state index >= 15 is 0 Å². The van der Waals surface area contributed by atoms with Gasteiger partial charge in [0.25, 0.3) is 0 Å². The number of carbonyl (C=O) groups is 1. The van der Waals surface area contributed by atoms with Crippen molar-refractivity contribution in [1.29, 1.82) is 0 Å². The number of nitrogens with one attached hydrogen (secondary N) is 2. The van der Waals surface area contributed by atoms with Crippen molar-refractivity contribution in [3.05, 3.63) is 65.1 Å². The fraction of sp³-hybridized carbons (Fsp3) is 0.304. The number of hydrogen-bond donors (Lipinski definition) is 2. The Hall–Kier alpha value is -3.12. The number of amides is 1. The van der Waals surface area contributed by atoms with Crippen LogP contribution in [0.3, 0.4) is 0 Å². The molecule has 1 unspecified atom stereocenters. The predicted octanol–water partition coefficient (Wildman–Crippen LogP) is 3.71. The molecule has 0 saturated heterocycles. The molecule has 3 heterocycles. The summed E-state index contributed by atoms with van der Waals surface area (Å²) in [6, 6.07) is 10.4. The molecule has 0 aliphatic carbocycles. The third-order valence-corrected chi connectivity index (χ3v) is 5.32. The average Bonchev–Trinajstić information content (AvgIpc) is 2.92. The second kappa shape index (κ2) is 8.09. The molecule has 6 nitrogen and oxygen atoms in total. The molecule has 3 aromatic rings. The van der Waals surface area contributed by atoms with E-state index in [0.29, 0.717) is 12.6 Å². The number of anilines is 1. The van der Waals surface area contributed by atoms with Crippen LogP contribution in [0.4, 0.5) is 5.82 Å². The maximum atomic E-state index is 12.6. The number of likely N-dealkylation sites (N-methyl/N-ethyl adjacent to an activating group) is 1. The molecule has 0 radical (unpaired) electrons. The van der Waals surface area contributed by atoms with E-state index in [-0.39, 0.29) is 5.91 Å². The van der Waals surface area contributed by atoms with Crippen LogP contribution in [0.15, 0.2) is 47.0 Å². The Balaban J connectivity index is 1.44. The largest absolute Gasteiger partial charge is 0.459 e. The molecule has 1 amide bonds. The summed E-state index contributed by atoms with van der Waals surface area (Å²) in [7, 11) is 1.78. The quantitative estimate of drug-likeness (QED) is 0.665.